The number of amides is 3. The molecule has 0 bridgehead atoms. The molecule has 0 aliphatic carbocycles. The van der Waals surface area contributed by atoms with Crippen LogP contribution in [0.2, 0.25) is 0 Å². The zero-order valence-corrected chi connectivity index (χ0v) is 20.3. The van der Waals surface area contributed by atoms with Gasteiger partial charge in [0.2, 0.25) is 5.91 Å². The van der Waals surface area contributed by atoms with Crippen molar-refractivity contribution < 1.29 is 14.3 Å². The Labute approximate surface area is 207 Å². The molecule has 10 heteroatoms. The zero-order valence-electron chi connectivity index (χ0n) is 19.5. The van der Waals surface area contributed by atoms with Crippen molar-refractivity contribution >= 4 is 34.6 Å². The van der Waals surface area contributed by atoms with E-state index in [1.165, 1.54) is 18.9 Å². The molecule has 0 aliphatic rings. The summed E-state index contributed by atoms with van der Waals surface area (Å²) < 4.78 is 6.84. The normalized spacial score (nSPS) is 10.9. The molecule has 0 saturated carbocycles. The Kier molecular flexibility index (Phi) is 8.07. The van der Waals surface area contributed by atoms with Gasteiger partial charge in [0, 0.05) is 36.7 Å². The van der Waals surface area contributed by atoms with Crippen molar-refractivity contribution in [3.8, 4) is 22.6 Å². The first-order valence-electron chi connectivity index (χ1n) is 11.2. The number of para-hydroxylation sites is 1. The fraction of sp³-hybridized carbons (Fsp3) is 0.240. The Morgan fingerprint density at radius 2 is 1.83 bits per heavy atom. The Morgan fingerprint density at radius 3 is 2.60 bits per heavy atom. The molecule has 2 heterocycles. The number of carbonyl (C=O) groups is 2. The first-order chi connectivity index (χ1) is 17.1. The second kappa shape index (κ2) is 11.6. The van der Waals surface area contributed by atoms with Gasteiger partial charge in [-0.15, -0.1) is 10.2 Å². The van der Waals surface area contributed by atoms with Gasteiger partial charge in [-0.05, 0) is 19.1 Å². The van der Waals surface area contributed by atoms with Gasteiger partial charge in [0.05, 0.1) is 23.6 Å². The number of fused-ring (bicyclic) bond motifs is 1. The lowest BCUT2D eigenvalue weighted by Crippen LogP contribution is -2.41. The lowest BCUT2D eigenvalue weighted by atomic mass is 10.0. The number of nitrogens with zero attached hydrogens (tertiary/aromatic N) is 4. The number of thioether (sulfide) groups is 1. The average molecular weight is 491 g/mol. The van der Waals surface area contributed by atoms with Crippen LogP contribution in [0.1, 0.15) is 6.92 Å². The molecule has 2 aromatic heterocycles. The molecule has 4 aromatic rings. The van der Waals surface area contributed by atoms with Crippen LogP contribution in [0, 0.1) is 0 Å². The number of urea groups is 1. The topological polar surface area (TPSA) is 111 Å². The molecule has 0 fully saturated rings. The number of aromatic nitrogens is 4. The van der Waals surface area contributed by atoms with Crippen LogP contribution in [0.25, 0.3) is 33.5 Å². The second-order valence-corrected chi connectivity index (χ2v) is 8.52. The maximum Gasteiger partial charge on any atom is 0.321 e. The number of ether oxygens (including phenoxy) is 1. The highest BCUT2D eigenvalue weighted by molar-refractivity contribution is 7.99. The molecular formula is C25H26N6O3S. The molecule has 0 radical (unpaired) electrons. The summed E-state index contributed by atoms with van der Waals surface area (Å²) in [4.78, 5) is 28.8. The minimum atomic E-state index is -0.554. The number of imide groups is 1. The fourth-order valence-electron chi connectivity index (χ4n) is 3.60. The fourth-order valence-corrected chi connectivity index (χ4v) is 4.40. The maximum absolute atomic E-state index is 12.2. The van der Waals surface area contributed by atoms with E-state index in [4.69, 9.17) is 9.72 Å². The van der Waals surface area contributed by atoms with Gasteiger partial charge in [-0.2, -0.15) is 0 Å². The summed E-state index contributed by atoms with van der Waals surface area (Å²) >= 11 is 1.23. The zero-order chi connectivity index (χ0) is 24.6. The molecule has 0 aliphatic heterocycles. The molecule has 0 saturated heterocycles. The molecule has 9 nitrogen and oxygen atoms in total. The summed E-state index contributed by atoms with van der Waals surface area (Å²) in [5, 5.41) is 15.2. The number of methoxy groups -OCH3 is 1. The molecule has 180 valence electrons. The third-order valence-corrected chi connectivity index (χ3v) is 6.20. The van der Waals surface area contributed by atoms with Gasteiger partial charge in [0.1, 0.15) is 0 Å². The van der Waals surface area contributed by atoms with Crippen molar-refractivity contribution in [3.05, 3.63) is 60.7 Å². The quantitative estimate of drug-likeness (QED) is 0.272. The number of benzene rings is 2. The molecule has 35 heavy (non-hydrogen) atoms. The van der Waals surface area contributed by atoms with E-state index < -0.39 is 11.9 Å². The summed E-state index contributed by atoms with van der Waals surface area (Å²) in [6, 6.07) is 19.4. The largest absolute Gasteiger partial charge is 0.383 e. The molecule has 0 unspecified atom stereocenters. The van der Waals surface area contributed by atoms with Crippen LogP contribution in [-0.4, -0.2) is 57.7 Å². The molecule has 0 spiro atoms. The molecule has 2 aromatic carbocycles. The summed E-state index contributed by atoms with van der Waals surface area (Å²) in [5.74, 6) is 0.309. The Balaban J connectivity index is 1.59. The van der Waals surface area contributed by atoms with E-state index in [0.717, 1.165) is 27.7 Å². The van der Waals surface area contributed by atoms with Crippen LogP contribution in [-0.2, 0) is 16.1 Å². The van der Waals surface area contributed by atoms with Gasteiger partial charge < -0.3 is 14.6 Å². The van der Waals surface area contributed by atoms with Crippen LogP contribution in [0.5, 0.6) is 0 Å². The van der Waals surface area contributed by atoms with Gasteiger partial charge in [0.25, 0.3) is 0 Å². The molecule has 4 rings (SSSR count). The number of carbonyl (C=O) groups excluding carboxylic acids is 2. The van der Waals surface area contributed by atoms with Crippen molar-refractivity contribution in [2.45, 2.75) is 18.6 Å². The van der Waals surface area contributed by atoms with E-state index in [9.17, 15) is 9.59 Å². The molecule has 3 amide bonds. The first kappa shape index (κ1) is 24.4. The average Bonchev–Trinajstić information content (AvgIpc) is 3.30. The highest BCUT2D eigenvalue weighted by atomic mass is 32.2. The Bertz CT molecular complexity index is 1330. The monoisotopic (exact) mass is 490 g/mol. The minimum absolute atomic E-state index is 0.0299. The van der Waals surface area contributed by atoms with Crippen LogP contribution in [0.15, 0.2) is 65.8 Å². The van der Waals surface area contributed by atoms with E-state index in [2.05, 4.69) is 20.8 Å². The number of rotatable bonds is 9. The van der Waals surface area contributed by atoms with Gasteiger partial charge in [-0.1, -0.05) is 60.3 Å². The van der Waals surface area contributed by atoms with E-state index in [0.29, 0.717) is 30.7 Å². The van der Waals surface area contributed by atoms with Crippen molar-refractivity contribution in [3.63, 3.8) is 0 Å². The third kappa shape index (κ3) is 5.84. The van der Waals surface area contributed by atoms with E-state index in [1.807, 2.05) is 72.2 Å². The maximum atomic E-state index is 12.2. The Hall–Kier alpha value is -3.76. The van der Waals surface area contributed by atoms with Crippen LogP contribution in [0.3, 0.4) is 0 Å². The second-order valence-electron chi connectivity index (χ2n) is 7.57. The minimum Gasteiger partial charge on any atom is -0.383 e. The van der Waals surface area contributed by atoms with Crippen LogP contribution < -0.4 is 10.6 Å². The lowest BCUT2D eigenvalue weighted by molar-refractivity contribution is -0.117. The highest BCUT2D eigenvalue weighted by Gasteiger charge is 2.19. The number of hydrogen-bond acceptors (Lipinski definition) is 7. The third-order valence-electron chi connectivity index (χ3n) is 5.24. The lowest BCUT2D eigenvalue weighted by Gasteiger charge is -2.12. The Morgan fingerprint density at radius 1 is 1.06 bits per heavy atom. The molecule has 0 atom stereocenters. The predicted molar refractivity (Wildman–Crippen MR) is 136 cm³/mol. The van der Waals surface area contributed by atoms with Gasteiger partial charge in [-0.25, -0.2) is 9.78 Å². The van der Waals surface area contributed by atoms with Gasteiger partial charge >= 0.3 is 6.03 Å². The van der Waals surface area contributed by atoms with Crippen LogP contribution >= 0.6 is 11.8 Å². The number of hydrogen-bond donors (Lipinski definition) is 2. The van der Waals surface area contributed by atoms with Crippen molar-refractivity contribution in [2.24, 2.45) is 0 Å². The van der Waals surface area contributed by atoms with Crippen LogP contribution in [0.4, 0.5) is 4.79 Å². The molecule has 2 N–H and O–H groups in total. The summed E-state index contributed by atoms with van der Waals surface area (Å²) in [6.45, 7) is 3.30. The highest BCUT2D eigenvalue weighted by Crippen LogP contribution is 2.32. The standard InChI is InChI=1S/C25H26N6O3S/c1-3-31-23(29-30-25(31)35-16-22(32)28-24(33)26-13-14-34-2)19-15-21(17-9-5-4-6-10-17)27-20-12-8-7-11-18(19)20/h4-12,15H,3,13-14,16H2,1-2H3,(H2,26,28,32,33). The van der Waals surface area contributed by atoms with E-state index in [1.54, 1.807) is 0 Å². The van der Waals surface area contributed by atoms with Gasteiger partial charge in [-0.3, -0.25) is 10.1 Å². The summed E-state index contributed by atoms with van der Waals surface area (Å²) in [7, 11) is 1.54. The van der Waals surface area contributed by atoms with Crippen molar-refractivity contribution in [2.75, 3.05) is 26.0 Å². The van der Waals surface area contributed by atoms with Crippen molar-refractivity contribution in [1.29, 1.82) is 0 Å². The summed E-state index contributed by atoms with van der Waals surface area (Å²) in [5.41, 5.74) is 3.63. The molecular weight excluding hydrogens is 464 g/mol. The van der Waals surface area contributed by atoms with Gasteiger partial charge in [0.15, 0.2) is 11.0 Å². The first-order valence-corrected chi connectivity index (χ1v) is 12.2. The summed E-state index contributed by atoms with van der Waals surface area (Å²) in [6.07, 6.45) is 0. The number of pyridine rings is 1. The smallest absolute Gasteiger partial charge is 0.321 e. The number of nitrogens with one attached hydrogen (secondary N) is 2. The van der Waals surface area contributed by atoms with Crippen molar-refractivity contribution in [1.82, 2.24) is 30.4 Å². The van der Waals surface area contributed by atoms with E-state index in [-0.39, 0.29) is 5.75 Å². The SMILES string of the molecule is CCn1c(SCC(=O)NC(=O)NCCOC)nnc1-c1cc(-c2ccccc2)nc2ccccc12. The van der Waals surface area contributed by atoms with E-state index >= 15 is 0 Å². The predicted octanol–water partition coefficient (Wildman–Crippen LogP) is 3.74.